The summed E-state index contributed by atoms with van der Waals surface area (Å²) in [5.41, 5.74) is 8.76. The Kier molecular flexibility index (Phi) is 4.79. The smallest absolute Gasteiger partial charge is 0.270 e. The van der Waals surface area contributed by atoms with Gasteiger partial charge in [0.1, 0.15) is 5.69 Å². The number of nitrogen functional groups attached to an aromatic ring is 1. The molecule has 0 spiro atoms. The summed E-state index contributed by atoms with van der Waals surface area (Å²) in [4.78, 5) is 17.0. The molecule has 1 amide bonds. The van der Waals surface area contributed by atoms with Gasteiger partial charge in [0.15, 0.2) is 5.82 Å². The van der Waals surface area contributed by atoms with Crippen LogP contribution in [0.1, 0.15) is 35.9 Å². The number of nitrogens with zero attached hydrogens (tertiary/aromatic N) is 2. The highest BCUT2D eigenvalue weighted by molar-refractivity contribution is 6.01. The predicted octanol–water partition coefficient (Wildman–Crippen LogP) is 3.18. The monoisotopic (exact) mass is 335 g/mol. The predicted molar refractivity (Wildman–Crippen MR) is 97.7 cm³/mol. The van der Waals surface area contributed by atoms with E-state index in [0.29, 0.717) is 17.1 Å². The van der Waals surface area contributed by atoms with Crippen molar-refractivity contribution in [2.24, 2.45) is 5.92 Å². The second-order valence-corrected chi connectivity index (χ2v) is 6.21. The summed E-state index contributed by atoms with van der Waals surface area (Å²) in [6, 6.07) is 13.2. The number of hydrogen-bond donors (Lipinski definition) is 3. The number of nitrogens with two attached hydrogens (primary N) is 1. The summed E-state index contributed by atoms with van der Waals surface area (Å²) in [5, 5.41) is 9.85. The Morgan fingerprint density at radius 1 is 1.16 bits per heavy atom. The molecule has 6 nitrogen and oxygen atoms in total. The number of nitrogens with one attached hydrogen (secondary N) is 2. The molecule has 0 bridgehead atoms. The molecule has 0 saturated heterocycles. The Morgan fingerprint density at radius 3 is 2.56 bits per heavy atom. The third-order valence-electron chi connectivity index (χ3n) is 4.08. The molecular formula is C19H21N5O. The van der Waals surface area contributed by atoms with E-state index in [1.807, 2.05) is 42.5 Å². The lowest BCUT2D eigenvalue weighted by Crippen LogP contribution is -2.32. The second kappa shape index (κ2) is 7.17. The number of rotatable bonds is 5. The lowest BCUT2D eigenvalue weighted by Gasteiger charge is -2.22. The lowest BCUT2D eigenvalue weighted by molar-refractivity contribution is 0.0921. The first-order valence-electron chi connectivity index (χ1n) is 8.18. The van der Waals surface area contributed by atoms with Gasteiger partial charge in [-0.15, -0.1) is 0 Å². The van der Waals surface area contributed by atoms with Crippen LogP contribution in [-0.4, -0.2) is 21.1 Å². The number of carbonyl (C=O) groups is 1. The van der Waals surface area contributed by atoms with E-state index in [0.717, 1.165) is 11.1 Å². The summed E-state index contributed by atoms with van der Waals surface area (Å²) in [6.07, 6.45) is 3.48. The van der Waals surface area contributed by atoms with Crippen molar-refractivity contribution < 1.29 is 4.79 Å². The Balaban J connectivity index is 1.91. The molecular weight excluding hydrogens is 314 g/mol. The number of hydrogen-bond acceptors (Lipinski definition) is 4. The molecule has 0 aliphatic carbocycles. The first-order valence-corrected chi connectivity index (χ1v) is 8.18. The van der Waals surface area contributed by atoms with Crippen molar-refractivity contribution in [1.82, 2.24) is 20.5 Å². The van der Waals surface area contributed by atoms with Crippen LogP contribution in [-0.2, 0) is 0 Å². The van der Waals surface area contributed by atoms with Crippen molar-refractivity contribution in [2.45, 2.75) is 19.9 Å². The highest BCUT2D eigenvalue weighted by Crippen LogP contribution is 2.29. The number of carbonyl (C=O) groups excluding carboxylic acids is 1. The molecule has 128 valence electrons. The summed E-state index contributed by atoms with van der Waals surface area (Å²) in [5.74, 6) is 0.262. The molecule has 0 unspecified atom stereocenters. The van der Waals surface area contributed by atoms with E-state index >= 15 is 0 Å². The highest BCUT2D eigenvalue weighted by atomic mass is 16.2. The first kappa shape index (κ1) is 16.7. The van der Waals surface area contributed by atoms with Gasteiger partial charge in [-0.2, -0.15) is 5.10 Å². The van der Waals surface area contributed by atoms with Gasteiger partial charge in [-0.25, -0.2) is 0 Å². The minimum Gasteiger partial charge on any atom is -0.382 e. The van der Waals surface area contributed by atoms with Crippen molar-refractivity contribution >= 4 is 11.7 Å². The van der Waals surface area contributed by atoms with Crippen LogP contribution < -0.4 is 11.1 Å². The van der Waals surface area contributed by atoms with Crippen molar-refractivity contribution in [3.05, 3.63) is 66.1 Å². The largest absolute Gasteiger partial charge is 0.382 e. The van der Waals surface area contributed by atoms with Crippen LogP contribution in [0.5, 0.6) is 0 Å². The van der Waals surface area contributed by atoms with Crippen LogP contribution in [0.25, 0.3) is 11.1 Å². The van der Waals surface area contributed by atoms with Crippen LogP contribution in [0.3, 0.4) is 0 Å². The number of aromatic amines is 1. The van der Waals surface area contributed by atoms with Crippen LogP contribution in [0.15, 0.2) is 54.9 Å². The zero-order valence-electron chi connectivity index (χ0n) is 14.2. The van der Waals surface area contributed by atoms with Gasteiger partial charge in [-0.1, -0.05) is 50.2 Å². The molecule has 0 aliphatic heterocycles. The molecule has 0 saturated carbocycles. The Morgan fingerprint density at radius 2 is 1.92 bits per heavy atom. The topological polar surface area (TPSA) is 96.7 Å². The molecule has 3 aromatic rings. The van der Waals surface area contributed by atoms with Gasteiger partial charge in [0, 0.05) is 12.4 Å². The van der Waals surface area contributed by atoms with Crippen LogP contribution in [0.4, 0.5) is 5.82 Å². The van der Waals surface area contributed by atoms with Crippen LogP contribution in [0, 0.1) is 5.92 Å². The summed E-state index contributed by atoms with van der Waals surface area (Å²) >= 11 is 0. The Hall–Kier alpha value is -3.15. The quantitative estimate of drug-likeness (QED) is 0.667. The van der Waals surface area contributed by atoms with Gasteiger partial charge in [0.25, 0.3) is 5.91 Å². The second-order valence-electron chi connectivity index (χ2n) is 6.21. The average molecular weight is 335 g/mol. The fourth-order valence-corrected chi connectivity index (χ4v) is 2.83. The van der Waals surface area contributed by atoms with E-state index in [2.05, 4.69) is 34.3 Å². The minimum absolute atomic E-state index is 0.158. The molecule has 0 radical (unpaired) electrons. The minimum atomic E-state index is -0.245. The van der Waals surface area contributed by atoms with Gasteiger partial charge in [-0.05, 0) is 23.1 Å². The number of pyridine rings is 1. The fraction of sp³-hybridized carbons (Fsp3) is 0.211. The van der Waals surface area contributed by atoms with E-state index < -0.39 is 0 Å². The molecule has 1 aromatic carbocycles. The van der Waals surface area contributed by atoms with Gasteiger partial charge in [0.05, 0.1) is 11.6 Å². The molecule has 25 heavy (non-hydrogen) atoms. The summed E-state index contributed by atoms with van der Waals surface area (Å²) in [6.45, 7) is 4.11. The number of aromatic nitrogens is 3. The van der Waals surface area contributed by atoms with Gasteiger partial charge in [0.2, 0.25) is 0 Å². The maximum absolute atomic E-state index is 12.9. The summed E-state index contributed by atoms with van der Waals surface area (Å²) in [7, 11) is 0. The first-order chi connectivity index (χ1) is 12.1. The van der Waals surface area contributed by atoms with E-state index in [4.69, 9.17) is 5.73 Å². The summed E-state index contributed by atoms with van der Waals surface area (Å²) < 4.78 is 0. The number of benzene rings is 1. The molecule has 2 heterocycles. The van der Waals surface area contributed by atoms with Gasteiger partial charge in [-0.3, -0.25) is 14.9 Å². The van der Waals surface area contributed by atoms with E-state index in [9.17, 15) is 4.79 Å². The third-order valence-corrected chi connectivity index (χ3v) is 4.08. The standard InChI is InChI=1S/C19H21N5O/c1-12(2)16(14-9-6-10-21-11-14)22-19(25)17-15(18(20)24-23-17)13-7-4-3-5-8-13/h3-12,16H,1-2H3,(H,22,25)(H3,20,23,24)/t16-/m1/s1. The normalized spacial score (nSPS) is 12.1. The van der Waals surface area contributed by atoms with Crippen molar-refractivity contribution in [3.8, 4) is 11.1 Å². The van der Waals surface area contributed by atoms with Gasteiger partial charge < -0.3 is 11.1 Å². The molecule has 6 heteroatoms. The number of H-pyrrole nitrogens is 1. The third kappa shape index (κ3) is 3.52. The Bertz CT molecular complexity index is 843. The molecule has 3 rings (SSSR count). The number of anilines is 1. The van der Waals surface area contributed by atoms with Gasteiger partial charge >= 0.3 is 0 Å². The zero-order valence-corrected chi connectivity index (χ0v) is 14.2. The Labute approximate surface area is 146 Å². The van der Waals surface area contributed by atoms with Crippen LogP contribution in [0.2, 0.25) is 0 Å². The van der Waals surface area contributed by atoms with Crippen molar-refractivity contribution in [3.63, 3.8) is 0 Å². The highest BCUT2D eigenvalue weighted by Gasteiger charge is 2.24. The number of amides is 1. The maximum Gasteiger partial charge on any atom is 0.270 e. The van der Waals surface area contributed by atoms with E-state index in [1.54, 1.807) is 12.4 Å². The van der Waals surface area contributed by atoms with Crippen molar-refractivity contribution in [1.29, 1.82) is 0 Å². The SMILES string of the molecule is CC(C)[C@@H](NC(=O)c1[nH]nc(N)c1-c1ccccc1)c1cccnc1. The van der Waals surface area contributed by atoms with Crippen LogP contribution >= 0.6 is 0 Å². The van der Waals surface area contributed by atoms with Crippen molar-refractivity contribution in [2.75, 3.05) is 5.73 Å². The fourth-order valence-electron chi connectivity index (χ4n) is 2.83. The lowest BCUT2D eigenvalue weighted by atomic mass is 9.97. The molecule has 0 aliphatic rings. The molecule has 4 N–H and O–H groups in total. The van der Waals surface area contributed by atoms with E-state index in [1.165, 1.54) is 0 Å². The molecule has 1 atom stereocenters. The molecule has 2 aromatic heterocycles. The zero-order chi connectivity index (χ0) is 17.8. The van der Waals surface area contributed by atoms with E-state index in [-0.39, 0.29) is 17.9 Å². The maximum atomic E-state index is 12.9. The molecule has 0 fully saturated rings. The average Bonchev–Trinajstić information content (AvgIpc) is 3.02.